The SMILES string of the molecule is CC1(C)C[C@H](C(=O)N2CCc3onc(-c4cccc(F)c4)c3C2)CCO1. The number of carbonyl (C=O) groups is 1. The van der Waals surface area contributed by atoms with Gasteiger partial charge in [-0.2, -0.15) is 0 Å². The summed E-state index contributed by atoms with van der Waals surface area (Å²) in [5, 5.41) is 4.14. The van der Waals surface area contributed by atoms with E-state index in [2.05, 4.69) is 5.16 Å². The summed E-state index contributed by atoms with van der Waals surface area (Å²) in [5.41, 5.74) is 1.94. The van der Waals surface area contributed by atoms with Crippen molar-refractivity contribution in [3.8, 4) is 11.3 Å². The molecule has 1 fully saturated rings. The summed E-state index contributed by atoms with van der Waals surface area (Å²) in [6.07, 6.45) is 2.12. The fourth-order valence-electron chi connectivity index (χ4n) is 3.96. The Morgan fingerprint density at radius 3 is 3.00 bits per heavy atom. The van der Waals surface area contributed by atoms with Crippen molar-refractivity contribution >= 4 is 5.91 Å². The fraction of sp³-hybridized carbons (Fsp3) is 0.500. The van der Waals surface area contributed by atoms with E-state index in [-0.39, 0.29) is 23.2 Å². The van der Waals surface area contributed by atoms with Gasteiger partial charge in [0, 0.05) is 36.6 Å². The van der Waals surface area contributed by atoms with Gasteiger partial charge in [-0.15, -0.1) is 0 Å². The molecule has 138 valence electrons. The zero-order valence-corrected chi connectivity index (χ0v) is 15.1. The smallest absolute Gasteiger partial charge is 0.226 e. The predicted octanol–water partition coefficient (Wildman–Crippen LogP) is 3.57. The first-order valence-corrected chi connectivity index (χ1v) is 9.09. The molecule has 1 saturated heterocycles. The summed E-state index contributed by atoms with van der Waals surface area (Å²) in [6.45, 7) is 5.76. The minimum Gasteiger partial charge on any atom is -0.376 e. The van der Waals surface area contributed by atoms with Crippen molar-refractivity contribution in [1.82, 2.24) is 10.1 Å². The Hall–Kier alpha value is -2.21. The molecule has 0 N–H and O–H groups in total. The Labute approximate surface area is 152 Å². The minimum absolute atomic E-state index is 0.0159. The van der Waals surface area contributed by atoms with Crippen LogP contribution in [0.25, 0.3) is 11.3 Å². The third-order valence-electron chi connectivity index (χ3n) is 5.28. The molecule has 26 heavy (non-hydrogen) atoms. The highest BCUT2D eigenvalue weighted by Crippen LogP contribution is 2.34. The maximum absolute atomic E-state index is 13.6. The largest absolute Gasteiger partial charge is 0.376 e. The molecule has 1 amide bonds. The second kappa shape index (κ2) is 6.50. The average molecular weight is 358 g/mol. The summed E-state index contributed by atoms with van der Waals surface area (Å²) in [4.78, 5) is 14.9. The summed E-state index contributed by atoms with van der Waals surface area (Å²) < 4.78 is 24.8. The number of hydrogen-bond donors (Lipinski definition) is 0. The van der Waals surface area contributed by atoms with Gasteiger partial charge in [0.05, 0.1) is 12.1 Å². The monoisotopic (exact) mass is 358 g/mol. The number of benzene rings is 1. The minimum atomic E-state index is -0.313. The number of aromatic nitrogens is 1. The first-order chi connectivity index (χ1) is 12.4. The van der Waals surface area contributed by atoms with E-state index < -0.39 is 0 Å². The van der Waals surface area contributed by atoms with Crippen LogP contribution in [0.2, 0.25) is 0 Å². The quantitative estimate of drug-likeness (QED) is 0.824. The molecule has 0 saturated carbocycles. The molecule has 0 aliphatic carbocycles. The maximum Gasteiger partial charge on any atom is 0.226 e. The molecule has 3 heterocycles. The molecule has 1 atom stereocenters. The number of rotatable bonds is 2. The van der Waals surface area contributed by atoms with Crippen LogP contribution >= 0.6 is 0 Å². The zero-order chi connectivity index (χ0) is 18.3. The number of halogens is 1. The second-order valence-electron chi connectivity index (χ2n) is 7.75. The summed E-state index contributed by atoms with van der Waals surface area (Å²) in [6, 6.07) is 6.31. The number of fused-ring (bicyclic) bond motifs is 1. The molecule has 0 radical (unpaired) electrons. The standard InChI is InChI=1S/C20H23FN2O3/c1-20(2)11-14(7-9-25-20)19(24)23-8-6-17-16(12-23)18(22-26-17)13-4-3-5-15(21)10-13/h3-5,10,14H,6-9,11-12H2,1-2H3/t14-/m1/s1. The Kier molecular flexibility index (Phi) is 4.31. The number of carbonyl (C=O) groups excluding carboxylic acids is 1. The van der Waals surface area contributed by atoms with Gasteiger partial charge in [-0.1, -0.05) is 17.3 Å². The van der Waals surface area contributed by atoms with Crippen molar-refractivity contribution in [2.75, 3.05) is 13.2 Å². The van der Waals surface area contributed by atoms with Gasteiger partial charge in [0.25, 0.3) is 0 Å². The topological polar surface area (TPSA) is 55.6 Å². The number of amides is 1. The van der Waals surface area contributed by atoms with Crippen LogP contribution in [0.15, 0.2) is 28.8 Å². The van der Waals surface area contributed by atoms with Crippen molar-refractivity contribution in [2.24, 2.45) is 5.92 Å². The molecule has 1 aromatic carbocycles. The number of hydrogen-bond acceptors (Lipinski definition) is 4. The van der Waals surface area contributed by atoms with Crippen molar-refractivity contribution in [3.05, 3.63) is 41.4 Å². The second-order valence-corrected chi connectivity index (χ2v) is 7.75. The van der Waals surface area contributed by atoms with Gasteiger partial charge < -0.3 is 14.2 Å². The van der Waals surface area contributed by atoms with E-state index in [1.165, 1.54) is 12.1 Å². The van der Waals surface area contributed by atoms with E-state index >= 15 is 0 Å². The molecule has 2 aliphatic heterocycles. The fourth-order valence-corrected chi connectivity index (χ4v) is 3.96. The molecule has 0 bridgehead atoms. The van der Waals surface area contributed by atoms with Crippen molar-refractivity contribution in [2.45, 2.75) is 45.3 Å². The first kappa shape index (κ1) is 17.2. The van der Waals surface area contributed by atoms with E-state index in [4.69, 9.17) is 9.26 Å². The van der Waals surface area contributed by atoms with E-state index in [0.29, 0.717) is 37.4 Å². The maximum atomic E-state index is 13.6. The van der Waals surface area contributed by atoms with Gasteiger partial charge in [-0.25, -0.2) is 4.39 Å². The molecule has 0 spiro atoms. The lowest BCUT2D eigenvalue weighted by Gasteiger charge is -2.37. The van der Waals surface area contributed by atoms with Crippen LogP contribution in [0.4, 0.5) is 4.39 Å². The van der Waals surface area contributed by atoms with Gasteiger partial charge >= 0.3 is 0 Å². The summed E-state index contributed by atoms with van der Waals surface area (Å²) >= 11 is 0. The van der Waals surface area contributed by atoms with Gasteiger partial charge in [0.2, 0.25) is 5.91 Å². The highest BCUT2D eigenvalue weighted by Gasteiger charge is 2.37. The van der Waals surface area contributed by atoms with Crippen LogP contribution in [-0.2, 0) is 22.5 Å². The first-order valence-electron chi connectivity index (χ1n) is 9.09. The Balaban J connectivity index is 1.56. The molecule has 4 rings (SSSR count). The lowest BCUT2D eigenvalue weighted by atomic mass is 9.87. The van der Waals surface area contributed by atoms with Crippen LogP contribution in [0.3, 0.4) is 0 Å². The van der Waals surface area contributed by atoms with Crippen LogP contribution < -0.4 is 0 Å². The molecular weight excluding hydrogens is 335 g/mol. The zero-order valence-electron chi connectivity index (χ0n) is 15.1. The van der Waals surface area contributed by atoms with Crippen LogP contribution in [-0.4, -0.2) is 34.7 Å². The van der Waals surface area contributed by atoms with Crippen LogP contribution in [0.5, 0.6) is 0 Å². The molecule has 0 unspecified atom stereocenters. The summed E-state index contributed by atoms with van der Waals surface area (Å²) in [5.74, 6) is 0.629. The van der Waals surface area contributed by atoms with E-state index in [1.54, 1.807) is 6.07 Å². The van der Waals surface area contributed by atoms with Crippen molar-refractivity contribution in [1.29, 1.82) is 0 Å². The third-order valence-corrected chi connectivity index (χ3v) is 5.28. The van der Waals surface area contributed by atoms with Crippen LogP contribution in [0, 0.1) is 11.7 Å². The molecular formula is C20H23FN2O3. The lowest BCUT2D eigenvalue weighted by Crippen LogP contribution is -2.45. The third kappa shape index (κ3) is 3.26. The Morgan fingerprint density at radius 2 is 2.23 bits per heavy atom. The van der Waals surface area contributed by atoms with E-state index in [1.807, 2.05) is 24.8 Å². The Morgan fingerprint density at radius 1 is 1.38 bits per heavy atom. The number of nitrogens with zero attached hydrogens (tertiary/aromatic N) is 2. The molecule has 6 heteroatoms. The van der Waals surface area contributed by atoms with Gasteiger partial charge in [-0.05, 0) is 38.8 Å². The average Bonchev–Trinajstić information content (AvgIpc) is 3.03. The normalized spacial score (nSPS) is 22.1. The van der Waals surface area contributed by atoms with Crippen molar-refractivity contribution < 1.29 is 18.4 Å². The molecule has 2 aliphatic rings. The van der Waals surface area contributed by atoms with Gasteiger partial charge in [0.15, 0.2) is 0 Å². The molecule has 1 aromatic heterocycles. The Bertz CT molecular complexity index is 830. The summed E-state index contributed by atoms with van der Waals surface area (Å²) in [7, 11) is 0. The number of ether oxygens (including phenoxy) is 1. The van der Waals surface area contributed by atoms with Crippen LogP contribution in [0.1, 0.15) is 38.0 Å². The van der Waals surface area contributed by atoms with E-state index in [0.717, 1.165) is 24.2 Å². The van der Waals surface area contributed by atoms with E-state index in [9.17, 15) is 9.18 Å². The van der Waals surface area contributed by atoms with Gasteiger partial charge in [0.1, 0.15) is 17.3 Å². The predicted molar refractivity (Wildman–Crippen MR) is 93.8 cm³/mol. The van der Waals surface area contributed by atoms with Crippen molar-refractivity contribution in [3.63, 3.8) is 0 Å². The molecule has 2 aromatic rings. The molecule has 5 nitrogen and oxygen atoms in total. The lowest BCUT2D eigenvalue weighted by molar-refractivity contribution is -0.146. The highest BCUT2D eigenvalue weighted by atomic mass is 19.1. The highest BCUT2D eigenvalue weighted by molar-refractivity contribution is 5.80. The van der Waals surface area contributed by atoms with Gasteiger partial charge in [-0.3, -0.25) is 4.79 Å².